The van der Waals surface area contributed by atoms with Crippen molar-refractivity contribution in [2.24, 2.45) is 5.73 Å². The number of primary amides is 1. The van der Waals surface area contributed by atoms with Crippen LogP contribution < -0.4 is 26.6 Å². The first kappa shape index (κ1) is 22.1. The van der Waals surface area contributed by atoms with Crippen LogP contribution in [0.25, 0.3) is 11.2 Å². The highest BCUT2D eigenvalue weighted by Gasteiger charge is 2.22. The van der Waals surface area contributed by atoms with Gasteiger partial charge in [-0.15, -0.1) is 0 Å². The predicted octanol–water partition coefficient (Wildman–Crippen LogP) is 2.00. The van der Waals surface area contributed by atoms with Gasteiger partial charge in [0.15, 0.2) is 17.0 Å². The molecule has 1 saturated heterocycles. The summed E-state index contributed by atoms with van der Waals surface area (Å²) in [6, 6.07) is 3.82. The van der Waals surface area contributed by atoms with Gasteiger partial charge in [-0.1, -0.05) is 12.8 Å². The van der Waals surface area contributed by atoms with Crippen molar-refractivity contribution in [3.05, 3.63) is 24.7 Å². The molecule has 12 heteroatoms. The minimum atomic E-state index is -0.562. The lowest BCUT2D eigenvalue weighted by molar-refractivity contribution is 0.122. The quantitative estimate of drug-likeness (QED) is 0.366. The summed E-state index contributed by atoms with van der Waals surface area (Å²) in [5.41, 5.74) is 7.46. The summed E-state index contributed by atoms with van der Waals surface area (Å²) >= 11 is 0. The number of nitrogens with two attached hydrogens (primary N) is 1. The Hall–Kier alpha value is -3.67. The molecule has 2 amide bonds. The fourth-order valence-electron chi connectivity index (χ4n) is 4.47. The van der Waals surface area contributed by atoms with Crippen molar-refractivity contribution in [3.63, 3.8) is 0 Å². The molecule has 0 aromatic carbocycles. The summed E-state index contributed by atoms with van der Waals surface area (Å²) in [5, 5.41) is 9.10. The van der Waals surface area contributed by atoms with Gasteiger partial charge in [-0.3, -0.25) is 0 Å². The molecule has 2 fully saturated rings. The first-order valence-electron chi connectivity index (χ1n) is 11.7. The van der Waals surface area contributed by atoms with Gasteiger partial charge in [0.1, 0.15) is 5.82 Å². The largest absolute Gasteiger partial charge is 0.378 e. The van der Waals surface area contributed by atoms with E-state index < -0.39 is 6.03 Å². The number of carbonyl (C=O) groups is 1. The first-order chi connectivity index (χ1) is 16.7. The fraction of sp³-hybridized carbons (Fsp3) is 0.500. The van der Waals surface area contributed by atoms with Crippen molar-refractivity contribution in [2.45, 2.75) is 31.7 Å². The lowest BCUT2D eigenvalue weighted by atomic mass is 10.2. The summed E-state index contributed by atoms with van der Waals surface area (Å²) in [6.07, 6.45) is 8.33. The number of fused-ring (bicyclic) bond motifs is 1. The van der Waals surface area contributed by atoms with Crippen LogP contribution in [0, 0.1) is 0 Å². The van der Waals surface area contributed by atoms with Gasteiger partial charge in [-0.2, -0.15) is 9.97 Å². The molecule has 5 N–H and O–H groups in total. The van der Waals surface area contributed by atoms with Gasteiger partial charge in [0.05, 0.1) is 31.4 Å². The van der Waals surface area contributed by atoms with Crippen molar-refractivity contribution >= 4 is 40.5 Å². The molecular weight excluding hydrogens is 436 g/mol. The summed E-state index contributed by atoms with van der Waals surface area (Å²) in [4.78, 5) is 31.8. The number of nitrogens with one attached hydrogen (secondary N) is 3. The smallest absolute Gasteiger partial charge is 0.312 e. The van der Waals surface area contributed by atoms with Crippen LogP contribution in [-0.4, -0.2) is 69.9 Å². The maximum atomic E-state index is 10.9. The normalized spacial score (nSPS) is 16.6. The Kier molecular flexibility index (Phi) is 6.56. The van der Waals surface area contributed by atoms with E-state index in [-0.39, 0.29) is 0 Å². The molecule has 180 valence electrons. The number of urea groups is 1. The monoisotopic (exact) mass is 466 g/mol. The molecule has 1 saturated carbocycles. The average molecular weight is 467 g/mol. The van der Waals surface area contributed by atoms with E-state index in [1.54, 1.807) is 6.20 Å². The average Bonchev–Trinajstić information content (AvgIpc) is 3.53. The van der Waals surface area contributed by atoms with Gasteiger partial charge in [0.25, 0.3) is 0 Å². The molecule has 0 bridgehead atoms. The molecule has 0 unspecified atom stereocenters. The molecule has 1 aliphatic heterocycles. The summed E-state index contributed by atoms with van der Waals surface area (Å²) in [7, 11) is 0. The topological polar surface area (TPSA) is 148 Å². The van der Waals surface area contributed by atoms with Gasteiger partial charge in [0, 0.05) is 32.2 Å². The minimum absolute atomic E-state index is 0.369. The van der Waals surface area contributed by atoms with Crippen LogP contribution in [-0.2, 0) is 4.74 Å². The van der Waals surface area contributed by atoms with Crippen LogP contribution in [0.1, 0.15) is 31.7 Å². The SMILES string of the molecule is NC(=O)NCCNc1nc(Nc2ccc(N3CCOCC3)nc2)c2ncn(C3CCCC3)c2n1. The maximum absolute atomic E-state index is 10.9. The van der Waals surface area contributed by atoms with Crippen molar-refractivity contribution in [2.75, 3.05) is 54.9 Å². The Bertz CT molecular complexity index is 1120. The van der Waals surface area contributed by atoms with E-state index in [1.165, 1.54) is 12.8 Å². The van der Waals surface area contributed by atoms with Gasteiger partial charge in [-0.05, 0) is 25.0 Å². The number of morpholine rings is 1. The summed E-state index contributed by atoms with van der Waals surface area (Å²) in [5.74, 6) is 1.99. The van der Waals surface area contributed by atoms with E-state index in [9.17, 15) is 4.79 Å². The second-order valence-corrected chi connectivity index (χ2v) is 8.51. The highest BCUT2D eigenvalue weighted by Crippen LogP contribution is 2.33. The van der Waals surface area contributed by atoms with Crippen LogP contribution in [0.15, 0.2) is 24.7 Å². The zero-order valence-electron chi connectivity index (χ0n) is 19.0. The molecule has 12 nitrogen and oxygen atoms in total. The van der Waals surface area contributed by atoms with Gasteiger partial charge < -0.3 is 35.9 Å². The Morgan fingerprint density at radius 1 is 1.12 bits per heavy atom. The number of carbonyl (C=O) groups excluding carboxylic acids is 1. The predicted molar refractivity (Wildman–Crippen MR) is 129 cm³/mol. The van der Waals surface area contributed by atoms with Gasteiger partial charge >= 0.3 is 6.03 Å². The summed E-state index contributed by atoms with van der Waals surface area (Å²) < 4.78 is 7.58. The highest BCUT2D eigenvalue weighted by atomic mass is 16.5. The zero-order valence-corrected chi connectivity index (χ0v) is 19.0. The number of aromatic nitrogens is 5. The molecular formula is C22H30N10O2. The number of ether oxygens (including phenoxy) is 1. The van der Waals surface area contributed by atoms with E-state index in [2.05, 4.69) is 40.4 Å². The third-order valence-electron chi connectivity index (χ3n) is 6.19. The molecule has 2 aliphatic rings. The van der Waals surface area contributed by atoms with Crippen LogP contribution in [0.2, 0.25) is 0 Å². The minimum Gasteiger partial charge on any atom is -0.378 e. The number of hydrogen-bond donors (Lipinski definition) is 4. The molecule has 4 heterocycles. The van der Waals surface area contributed by atoms with Gasteiger partial charge in [0.2, 0.25) is 5.95 Å². The number of nitrogens with zero attached hydrogens (tertiary/aromatic N) is 6. The van der Waals surface area contributed by atoms with E-state index in [0.717, 1.165) is 56.3 Å². The van der Waals surface area contributed by atoms with Crippen LogP contribution in [0.4, 0.5) is 28.1 Å². The Morgan fingerprint density at radius 3 is 2.68 bits per heavy atom. The Balaban J connectivity index is 1.39. The molecule has 3 aromatic heterocycles. The Morgan fingerprint density at radius 2 is 1.94 bits per heavy atom. The van der Waals surface area contributed by atoms with E-state index in [0.29, 0.717) is 36.4 Å². The second kappa shape index (κ2) is 10.1. The van der Waals surface area contributed by atoms with E-state index in [4.69, 9.17) is 15.5 Å². The highest BCUT2D eigenvalue weighted by molar-refractivity contribution is 5.86. The molecule has 34 heavy (non-hydrogen) atoms. The third-order valence-corrected chi connectivity index (χ3v) is 6.19. The molecule has 3 aromatic rings. The van der Waals surface area contributed by atoms with Gasteiger partial charge in [-0.25, -0.2) is 14.8 Å². The lowest BCUT2D eigenvalue weighted by Crippen LogP contribution is -2.36. The van der Waals surface area contributed by atoms with Crippen LogP contribution >= 0.6 is 0 Å². The zero-order chi connectivity index (χ0) is 23.3. The number of pyridine rings is 1. The third kappa shape index (κ3) is 4.96. The van der Waals surface area contributed by atoms with Crippen molar-refractivity contribution in [3.8, 4) is 0 Å². The van der Waals surface area contributed by atoms with Crippen molar-refractivity contribution < 1.29 is 9.53 Å². The Labute approximate surface area is 197 Å². The molecule has 5 rings (SSSR count). The maximum Gasteiger partial charge on any atom is 0.312 e. The lowest BCUT2D eigenvalue weighted by Gasteiger charge is -2.27. The van der Waals surface area contributed by atoms with E-state index in [1.807, 2.05) is 18.5 Å². The molecule has 0 spiro atoms. The second-order valence-electron chi connectivity index (χ2n) is 8.51. The number of amides is 2. The molecule has 0 atom stereocenters. The number of rotatable bonds is 8. The standard InChI is InChI=1S/C22H30N10O2/c23-21(33)24-7-8-25-22-29-19(18-20(30-22)32(14-27-18)16-3-1-2-4-16)28-15-5-6-17(26-13-15)31-9-11-34-12-10-31/h5-6,13-14,16H,1-4,7-12H2,(H3,23,24,33)(H2,25,28,29,30). The fourth-order valence-corrected chi connectivity index (χ4v) is 4.47. The molecule has 0 radical (unpaired) electrons. The number of anilines is 4. The molecule has 1 aliphatic carbocycles. The van der Waals surface area contributed by atoms with Crippen molar-refractivity contribution in [1.29, 1.82) is 0 Å². The van der Waals surface area contributed by atoms with Crippen molar-refractivity contribution in [1.82, 2.24) is 29.8 Å². The van der Waals surface area contributed by atoms with Crippen LogP contribution in [0.3, 0.4) is 0 Å². The van der Waals surface area contributed by atoms with E-state index >= 15 is 0 Å². The number of imidazole rings is 1. The summed E-state index contributed by atoms with van der Waals surface area (Å²) in [6.45, 7) is 3.93. The van der Waals surface area contributed by atoms with Crippen LogP contribution in [0.5, 0.6) is 0 Å². The number of hydrogen-bond acceptors (Lipinski definition) is 9. The first-order valence-corrected chi connectivity index (χ1v) is 11.7.